The zero-order valence-corrected chi connectivity index (χ0v) is 14.4. The maximum atomic E-state index is 12.8. The Hall–Kier alpha value is -0.820. The molecule has 1 fully saturated rings. The van der Waals surface area contributed by atoms with Crippen LogP contribution in [-0.2, 0) is 14.6 Å². The summed E-state index contributed by atoms with van der Waals surface area (Å²) >= 11 is 12.0. The molecule has 1 aliphatic rings. The Bertz CT molecular complexity index is 663. The smallest absolute Gasteiger partial charge is 0.255 e. The molecule has 0 saturated carbocycles. The van der Waals surface area contributed by atoms with E-state index in [-0.39, 0.29) is 34.0 Å². The van der Waals surface area contributed by atoms with Crippen molar-refractivity contribution in [3.63, 3.8) is 0 Å². The molecule has 0 spiro atoms. The molecule has 1 amide bonds. The topological polar surface area (TPSA) is 63.7 Å². The molecular weight excluding hydrogens is 349 g/mol. The number of hydrogen-bond acceptors (Lipinski definition) is 4. The van der Waals surface area contributed by atoms with Crippen LogP contribution in [0.4, 0.5) is 0 Å². The van der Waals surface area contributed by atoms with Gasteiger partial charge in [0.15, 0.2) is 9.84 Å². The molecule has 1 heterocycles. The van der Waals surface area contributed by atoms with E-state index in [9.17, 15) is 13.2 Å². The Labute approximate surface area is 140 Å². The van der Waals surface area contributed by atoms with Gasteiger partial charge in [0, 0.05) is 19.7 Å². The lowest BCUT2D eigenvalue weighted by molar-refractivity contribution is 0.0624. The largest absolute Gasteiger partial charge is 0.383 e. The first-order chi connectivity index (χ1) is 10.4. The molecule has 1 aliphatic heterocycles. The second-order valence-electron chi connectivity index (χ2n) is 5.15. The Morgan fingerprint density at radius 2 is 2.14 bits per heavy atom. The highest BCUT2D eigenvalue weighted by Crippen LogP contribution is 2.28. The maximum absolute atomic E-state index is 12.8. The summed E-state index contributed by atoms with van der Waals surface area (Å²) in [6, 6.07) is 4.46. The molecule has 0 aliphatic carbocycles. The van der Waals surface area contributed by atoms with Gasteiger partial charge in [-0.1, -0.05) is 29.3 Å². The average molecular weight is 366 g/mol. The number of methoxy groups -OCH3 is 1. The zero-order chi connectivity index (χ0) is 16.3. The lowest BCUT2D eigenvalue weighted by atomic mass is 10.1. The van der Waals surface area contributed by atoms with Gasteiger partial charge in [-0.2, -0.15) is 0 Å². The normalized spacial score (nSPS) is 20.0. The number of carbonyl (C=O) groups excluding carboxylic acids is 1. The molecule has 0 radical (unpaired) electrons. The average Bonchev–Trinajstić information content (AvgIpc) is 2.82. The molecule has 22 heavy (non-hydrogen) atoms. The van der Waals surface area contributed by atoms with Crippen LogP contribution < -0.4 is 0 Å². The summed E-state index contributed by atoms with van der Waals surface area (Å²) in [5, 5.41) is 0.468. The van der Waals surface area contributed by atoms with Crippen LogP contribution in [0.25, 0.3) is 0 Å². The van der Waals surface area contributed by atoms with Gasteiger partial charge in [-0.3, -0.25) is 4.79 Å². The van der Waals surface area contributed by atoms with Crippen LogP contribution in [0, 0.1) is 0 Å². The van der Waals surface area contributed by atoms with E-state index >= 15 is 0 Å². The standard InChI is InChI=1S/C14H17Cl2NO4S/c1-21-7-6-17(10-5-8-22(19,20)9-10)14(18)11-3-2-4-12(15)13(11)16/h2-4,10H,5-9H2,1H3. The number of rotatable bonds is 5. The Morgan fingerprint density at radius 3 is 2.73 bits per heavy atom. The van der Waals surface area contributed by atoms with E-state index in [1.54, 1.807) is 18.2 Å². The highest BCUT2D eigenvalue weighted by atomic mass is 35.5. The molecule has 2 rings (SSSR count). The summed E-state index contributed by atoms with van der Waals surface area (Å²) in [6.07, 6.45) is 0.427. The molecule has 1 saturated heterocycles. The maximum Gasteiger partial charge on any atom is 0.255 e. The lowest BCUT2D eigenvalue weighted by Crippen LogP contribution is -2.43. The molecule has 1 unspecified atom stereocenters. The van der Waals surface area contributed by atoms with Crippen LogP contribution in [0.15, 0.2) is 18.2 Å². The van der Waals surface area contributed by atoms with Gasteiger partial charge in [0.05, 0.1) is 33.7 Å². The summed E-state index contributed by atoms with van der Waals surface area (Å²) in [6.45, 7) is 0.624. The molecule has 1 aromatic rings. The third-order valence-corrected chi connectivity index (χ3v) is 6.20. The fourth-order valence-corrected chi connectivity index (χ4v) is 4.60. The number of amides is 1. The molecular formula is C14H17Cl2NO4S. The van der Waals surface area contributed by atoms with E-state index in [1.165, 1.54) is 12.0 Å². The lowest BCUT2D eigenvalue weighted by Gasteiger charge is -2.28. The van der Waals surface area contributed by atoms with Gasteiger partial charge in [-0.15, -0.1) is 0 Å². The van der Waals surface area contributed by atoms with Crippen molar-refractivity contribution in [2.75, 3.05) is 31.8 Å². The Morgan fingerprint density at radius 1 is 1.41 bits per heavy atom. The number of halogens is 2. The summed E-state index contributed by atoms with van der Waals surface area (Å²) in [4.78, 5) is 14.3. The minimum atomic E-state index is -3.09. The minimum Gasteiger partial charge on any atom is -0.383 e. The van der Waals surface area contributed by atoms with Gasteiger partial charge in [0.2, 0.25) is 0 Å². The minimum absolute atomic E-state index is 0.0271. The van der Waals surface area contributed by atoms with Crippen LogP contribution >= 0.6 is 23.2 Å². The zero-order valence-electron chi connectivity index (χ0n) is 12.1. The number of benzene rings is 1. The first kappa shape index (κ1) is 17.5. The van der Waals surface area contributed by atoms with E-state index in [0.717, 1.165) is 0 Å². The van der Waals surface area contributed by atoms with Crippen molar-refractivity contribution in [1.82, 2.24) is 4.90 Å². The molecule has 122 valence electrons. The summed E-state index contributed by atoms with van der Waals surface area (Å²) < 4.78 is 28.4. The predicted octanol–water partition coefficient (Wildman–Crippen LogP) is 2.27. The first-order valence-electron chi connectivity index (χ1n) is 6.80. The Balaban J connectivity index is 2.29. The van der Waals surface area contributed by atoms with E-state index in [4.69, 9.17) is 27.9 Å². The molecule has 1 atom stereocenters. The van der Waals surface area contributed by atoms with Gasteiger partial charge >= 0.3 is 0 Å². The van der Waals surface area contributed by atoms with Crippen molar-refractivity contribution in [2.45, 2.75) is 12.5 Å². The van der Waals surface area contributed by atoms with Crippen LogP contribution in [0.1, 0.15) is 16.8 Å². The fraction of sp³-hybridized carbons (Fsp3) is 0.500. The Kier molecular flexibility index (Phi) is 5.71. The molecule has 5 nitrogen and oxygen atoms in total. The third kappa shape index (κ3) is 3.93. The van der Waals surface area contributed by atoms with Crippen molar-refractivity contribution < 1.29 is 17.9 Å². The van der Waals surface area contributed by atoms with Gasteiger partial charge in [-0.25, -0.2) is 8.42 Å². The van der Waals surface area contributed by atoms with Gasteiger partial charge in [0.1, 0.15) is 0 Å². The molecule has 0 N–H and O–H groups in total. The van der Waals surface area contributed by atoms with E-state index in [1.807, 2.05) is 0 Å². The van der Waals surface area contributed by atoms with Crippen molar-refractivity contribution in [3.8, 4) is 0 Å². The van der Waals surface area contributed by atoms with Crippen LogP contribution in [0.5, 0.6) is 0 Å². The number of ether oxygens (including phenoxy) is 1. The number of carbonyl (C=O) groups is 1. The summed E-state index contributed by atoms with van der Waals surface area (Å²) in [7, 11) is -1.57. The summed E-state index contributed by atoms with van der Waals surface area (Å²) in [5.74, 6) is -0.259. The van der Waals surface area contributed by atoms with Crippen molar-refractivity contribution >= 4 is 38.9 Å². The van der Waals surface area contributed by atoms with Crippen molar-refractivity contribution in [2.24, 2.45) is 0 Å². The van der Waals surface area contributed by atoms with Crippen LogP contribution in [0.3, 0.4) is 0 Å². The van der Waals surface area contributed by atoms with Gasteiger partial charge in [0.25, 0.3) is 5.91 Å². The number of hydrogen-bond donors (Lipinski definition) is 0. The SMILES string of the molecule is COCCN(C(=O)c1cccc(Cl)c1Cl)C1CCS(=O)(=O)C1. The van der Waals surface area contributed by atoms with E-state index in [2.05, 4.69) is 0 Å². The van der Waals surface area contributed by atoms with Gasteiger partial charge in [-0.05, 0) is 18.6 Å². The second kappa shape index (κ2) is 7.17. The predicted molar refractivity (Wildman–Crippen MR) is 86.4 cm³/mol. The monoisotopic (exact) mass is 365 g/mol. The second-order valence-corrected chi connectivity index (χ2v) is 8.16. The molecule has 1 aromatic carbocycles. The molecule has 8 heteroatoms. The third-order valence-electron chi connectivity index (χ3n) is 3.63. The van der Waals surface area contributed by atoms with Crippen molar-refractivity contribution in [1.29, 1.82) is 0 Å². The number of sulfone groups is 1. The van der Waals surface area contributed by atoms with Gasteiger partial charge < -0.3 is 9.64 Å². The molecule has 0 aromatic heterocycles. The summed E-state index contributed by atoms with van der Waals surface area (Å²) in [5.41, 5.74) is 0.273. The highest BCUT2D eigenvalue weighted by molar-refractivity contribution is 7.91. The van der Waals surface area contributed by atoms with Crippen LogP contribution in [-0.4, -0.2) is 57.0 Å². The molecule has 0 bridgehead atoms. The fourth-order valence-electron chi connectivity index (χ4n) is 2.48. The van der Waals surface area contributed by atoms with E-state index < -0.39 is 9.84 Å². The highest BCUT2D eigenvalue weighted by Gasteiger charge is 2.35. The quantitative estimate of drug-likeness (QED) is 0.802. The van der Waals surface area contributed by atoms with Crippen molar-refractivity contribution in [3.05, 3.63) is 33.8 Å². The van der Waals surface area contributed by atoms with E-state index in [0.29, 0.717) is 24.6 Å². The first-order valence-corrected chi connectivity index (χ1v) is 9.38. The number of nitrogens with zero attached hydrogens (tertiary/aromatic N) is 1. The van der Waals surface area contributed by atoms with Crippen LogP contribution in [0.2, 0.25) is 10.0 Å².